The SMILES string of the molecule is CC(C)(C)OC(=O)N[C@H](c1ncc(-c2ccc3cc(-c4ccc(-c5cnc([C@@H](N(C(=O)O)C(C)(C)C)C(C)(C)C)[nH]5)cc4)ccc3c2)[nH]1)C(C)(C)C. The Balaban J connectivity index is 1.35. The number of imidazole rings is 2. The molecule has 3 aromatic carbocycles. The Morgan fingerprint density at radius 2 is 1.15 bits per heavy atom. The van der Waals surface area contributed by atoms with Crippen LogP contribution in [0.2, 0.25) is 0 Å². The smallest absolute Gasteiger partial charge is 0.408 e. The van der Waals surface area contributed by atoms with Crippen molar-refractivity contribution in [3.05, 3.63) is 84.7 Å². The molecule has 0 radical (unpaired) electrons. The first-order chi connectivity index (χ1) is 24.0. The number of hydrogen-bond donors (Lipinski definition) is 4. The summed E-state index contributed by atoms with van der Waals surface area (Å²) in [5.74, 6) is 1.29. The predicted molar refractivity (Wildman–Crippen MR) is 208 cm³/mol. The molecule has 0 aliphatic heterocycles. The maximum absolute atomic E-state index is 12.6. The number of nitrogens with one attached hydrogen (secondary N) is 3. The number of fused-ring (bicyclic) bond motifs is 1. The van der Waals surface area contributed by atoms with Crippen molar-refractivity contribution in [3.8, 4) is 33.6 Å². The maximum Gasteiger partial charge on any atom is 0.408 e. The Morgan fingerprint density at radius 1 is 0.673 bits per heavy atom. The van der Waals surface area contributed by atoms with Crippen LogP contribution in [0.3, 0.4) is 0 Å². The highest BCUT2D eigenvalue weighted by atomic mass is 16.6. The summed E-state index contributed by atoms with van der Waals surface area (Å²) in [6, 6.07) is 20.2. The summed E-state index contributed by atoms with van der Waals surface area (Å²) < 4.78 is 5.52. The number of benzene rings is 3. The van der Waals surface area contributed by atoms with E-state index in [4.69, 9.17) is 4.74 Å². The second kappa shape index (κ2) is 13.8. The minimum Gasteiger partial charge on any atom is -0.465 e. The molecule has 0 aliphatic rings. The van der Waals surface area contributed by atoms with Crippen molar-refractivity contribution in [2.45, 2.75) is 106 Å². The molecule has 0 saturated heterocycles. The van der Waals surface area contributed by atoms with Crippen LogP contribution in [0.1, 0.15) is 107 Å². The average Bonchev–Trinajstić information content (AvgIpc) is 3.70. The van der Waals surface area contributed by atoms with Crippen molar-refractivity contribution >= 4 is 23.0 Å². The lowest BCUT2D eigenvalue weighted by atomic mass is 9.83. The third-order valence-corrected chi connectivity index (χ3v) is 8.94. The van der Waals surface area contributed by atoms with Crippen molar-refractivity contribution < 1.29 is 19.4 Å². The molecular formula is C42H54N6O4. The van der Waals surface area contributed by atoms with E-state index in [9.17, 15) is 14.7 Å². The molecule has 0 aliphatic carbocycles. The van der Waals surface area contributed by atoms with Crippen LogP contribution < -0.4 is 5.32 Å². The van der Waals surface area contributed by atoms with Gasteiger partial charge in [0.15, 0.2) is 0 Å². The zero-order chi connectivity index (χ0) is 38.4. The van der Waals surface area contributed by atoms with Gasteiger partial charge in [-0.25, -0.2) is 19.6 Å². The average molecular weight is 707 g/mol. The second-order valence-electron chi connectivity index (χ2n) is 17.8. The molecule has 10 nitrogen and oxygen atoms in total. The quantitative estimate of drug-likeness (QED) is 0.133. The van der Waals surface area contributed by atoms with Gasteiger partial charge in [-0.15, -0.1) is 0 Å². The van der Waals surface area contributed by atoms with Gasteiger partial charge < -0.3 is 25.1 Å². The summed E-state index contributed by atoms with van der Waals surface area (Å²) in [5, 5.41) is 15.4. The fourth-order valence-electron chi connectivity index (χ4n) is 6.51. The van der Waals surface area contributed by atoms with Crippen LogP contribution in [0.25, 0.3) is 44.4 Å². The molecule has 5 rings (SSSR count). The number of ether oxygens (including phenoxy) is 1. The molecule has 5 aromatic rings. The number of alkyl carbamates (subject to hydrolysis) is 1. The number of carboxylic acid groups (broad SMARTS) is 1. The molecule has 2 heterocycles. The molecular weight excluding hydrogens is 652 g/mol. The monoisotopic (exact) mass is 706 g/mol. The first-order valence-electron chi connectivity index (χ1n) is 17.8. The first-order valence-corrected chi connectivity index (χ1v) is 17.8. The third kappa shape index (κ3) is 8.66. The number of hydrogen-bond acceptors (Lipinski definition) is 5. The summed E-state index contributed by atoms with van der Waals surface area (Å²) in [6.07, 6.45) is 2.13. The number of aromatic nitrogens is 4. The van der Waals surface area contributed by atoms with E-state index in [-0.39, 0.29) is 11.5 Å². The molecule has 0 bridgehead atoms. The van der Waals surface area contributed by atoms with Gasteiger partial charge in [0.05, 0.1) is 35.9 Å². The fourth-order valence-corrected chi connectivity index (χ4v) is 6.51. The van der Waals surface area contributed by atoms with Gasteiger partial charge in [0, 0.05) is 11.1 Å². The Kier molecular flexibility index (Phi) is 10.1. The Morgan fingerprint density at radius 3 is 1.67 bits per heavy atom. The van der Waals surface area contributed by atoms with Gasteiger partial charge in [0.2, 0.25) is 0 Å². The number of nitrogens with zero attached hydrogens (tertiary/aromatic N) is 3. The number of H-pyrrole nitrogens is 2. The van der Waals surface area contributed by atoms with Crippen molar-refractivity contribution in [2.24, 2.45) is 10.8 Å². The number of aromatic amines is 2. The lowest BCUT2D eigenvalue weighted by Gasteiger charge is -2.44. The number of amides is 2. The van der Waals surface area contributed by atoms with E-state index in [1.54, 1.807) is 12.4 Å². The zero-order valence-corrected chi connectivity index (χ0v) is 32.6. The molecule has 52 heavy (non-hydrogen) atoms. The molecule has 2 aromatic heterocycles. The molecule has 2 amide bonds. The number of rotatable bonds is 7. The van der Waals surface area contributed by atoms with E-state index in [1.165, 1.54) is 4.90 Å². The third-order valence-electron chi connectivity index (χ3n) is 8.94. The van der Waals surface area contributed by atoms with Gasteiger partial charge in [0.25, 0.3) is 0 Å². The summed E-state index contributed by atoms with van der Waals surface area (Å²) >= 11 is 0. The molecule has 0 unspecified atom stereocenters. The Labute approximate surface area is 307 Å². The van der Waals surface area contributed by atoms with Crippen LogP contribution >= 0.6 is 0 Å². The largest absolute Gasteiger partial charge is 0.465 e. The van der Waals surface area contributed by atoms with Gasteiger partial charge in [-0.1, -0.05) is 90.1 Å². The van der Waals surface area contributed by atoms with E-state index in [0.29, 0.717) is 11.6 Å². The summed E-state index contributed by atoms with van der Waals surface area (Å²) in [7, 11) is 0. The van der Waals surface area contributed by atoms with E-state index in [0.717, 1.165) is 44.4 Å². The minimum absolute atomic E-state index is 0.309. The standard InChI is InChI=1S/C42H54N6O4/c1-39(2,3)33(47-37(49)52-42(10,11)12)35-43-24-32(45-35)30-20-19-28-21-27(17-18-29(28)22-30)25-13-15-26(16-14-25)31-23-44-36(46-31)34(40(4,5)6)48(38(50)51)41(7,8)9/h13-24,33-34H,1-12H3,(H,43,45)(H,44,46)(H,47,49)(H,50,51)/t33-,34-/m1/s1. The van der Waals surface area contributed by atoms with Crippen molar-refractivity contribution in [1.82, 2.24) is 30.2 Å². The molecule has 10 heteroatoms. The highest BCUT2D eigenvalue weighted by Gasteiger charge is 2.42. The first kappa shape index (κ1) is 38.1. The van der Waals surface area contributed by atoms with E-state index in [2.05, 4.69) is 107 Å². The molecule has 4 N–H and O–H groups in total. The van der Waals surface area contributed by atoms with Crippen LogP contribution in [0.5, 0.6) is 0 Å². The highest BCUT2D eigenvalue weighted by Crippen LogP contribution is 2.41. The topological polar surface area (TPSA) is 136 Å². The van der Waals surface area contributed by atoms with Crippen molar-refractivity contribution in [2.75, 3.05) is 0 Å². The predicted octanol–water partition coefficient (Wildman–Crippen LogP) is 10.8. The van der Waals surface area contributed by atoms with Crippen molar-refractivity contribution in [1.29, 1.82) is 0 Å². The molecule has 2 atom stereocenters. The van der Waals surface area contributed by atoms with Gasteiger partial charge in [-0.05, 0) is 92.0 Å². The van der Waals surface area contributed by atoms with E-state index >= 15 is 0 Å². The van der Waals surface area contributed by atoms with Gasteiger partial charge >= 0.3 is 12.2 Å². The fraction of sp³-hybridized carbons (Fsp3) is 0.429. The molecule has 0 saturated carbocycles. The molecule has 0 spiro atoms. The zero-order valence-electron chi connectivity index (χ0n) is 32.6. The second-order valence-corrected chi connectivity index (χ2v) is 17.8. The van der Waals surface area contributed by atoms with E-state index < -0.39 is 34.8 Å². The molecule has 0 fully saturated rings. The van der Waals surface area contributed by atoms with Gasteiger partial charge in [-0.2, -0.15) is 0 Å². The summed E-state index contributed by atoms with van der Waals surface area (Å²) in [5.41, 5.74) is 3.92. The summed E-state index contributed by atoms with van der Waals surface area (Å²) in [4.78, 5) is 42.7. The van der Waals surface area contributed by atoms with Crippen molar-refractivity contribution in [3.63, 3.8) is 0 Å². The van der Waals surface area contributed by atoms with Crippen LogP contribution in [-0.2, 0) is 4.74 Å². The normalized spacial score (nSPS) is 13.8. The summed E-state index contributed by atoms with van der Waals surface area (Å²) in [6.45, 7) is 23.5. The Hall–Kier alpha value is -5.12. The van der Waals surface area contributed by atoms with Crippen LogP contribution in [-0.4, -0.2) is 53.3 Å². The highest BCUT2D eigenvalue weighted by molar-refractivity contribution is 5.90. The van der Waals surface area contributed by atoms with Crippen LogP contribution in [0.15, 0.2) is 73.1 Å². The van der Waals surface area contributed by atoms with Gasteiger partial charge in [-0.3, -0.25) is 4.90 Å². The van der Waals surface area contributed by atoms with Gasteiger partial charge in [0.1, 0.15) is 17.2 Å². The minimum atomic E-state index is -0.976. The van der Waals surface area contributed by atoms with Crippen LogP contribution in [0, 0.1) is 10.8 Å². The van der Waals surface area contributed by atoms with E-state index in [1.807, 2.05) is 62.3 Å². The number of carbonyl (C=O) groups excluding carboxylic acids is 1. The maximum atomic E-state index is 12.6. The number of carbonyl (C=O) groups is 2. The lowest BCUT2D eigenvalue weighted by Crippen LogP contribution is -2.51. The lowest BCUT2D eigenvalue weighted by molar-refractivity contribution is 0.0239. The van der Waals surface area contributed by atoms with Crippen LogP contribution in [0.4, 0.5) is 9.59 Å². The molecule has 276 valence electrons. The Bertz CT molecular complexity index is 2050.